The number of fused-ring (bicyclic) bond motifs is 2. The summed E-state index contributed by atoms with van der Waals surface area (Å²) in [6, 6.07) is 19.2. The molecular formula is C20H24O3Si. The van der Waals surface area contributed by atoms with E-state index in [1.807, 2.05) is 13.8 Å². The number of hydrogen-bond acceptors (Lipinski definition) is 3. The van der Waals surface area contributed by atoms with Crippen LogP contribution in [0.5, 0.6) is 0 Å². The second kappa shape index (κ2) is 8.40. The minimum absolute atomic E-state index is 0.166. The maximum atomic E-state index is 6.09. The lowest BCUT2D eigenvalue weighted by Gasteiger charge is -2.17. The molecule has 0 radical (unpaired) electrons. The van der Waals surface area contributed by atoms with Gasteiger partial charge in [0.15, 0.2) is 5.91 Å². The lowest BCUT2D eigenvalue weighted by atomic mass is 9.97. The van der Waals surface area contributed by atoms with Gasteiger partial charge in [-0.05, 0) is 47.0 Å². The van der Waals surface area contributed by atoms with Gasteiger partial charge in [-0.1, -0.05) is 48.5 Å². The third kappa shape index (κ3) is 3.84. The van der Waals surface area contributed by atoms with Crippen molar-refractivity contribution in [2.75, 3.05) is 13.2 Å². The van der Waals surface area contributed by atoms with Gasteiger partial charge in [0.05, 0.1) is 6.61 Å². The summed E-state index contributed by atoms with van der Waals surface area (Å²) in [6.45, 7) is 5.87. The van der Waals surface area contributed by atoms with Crippen LogP contribution in [-0.4, -0.2) is 28.9 Å². The van der Waals surface area contributed by atoms with Gasteiger partial charge in [-0.3, -0.25) is 0 Å². The second-order valence-electron chi connectivity index (χ2n) is 5.65. The fraction of sp³-hybridized carbons (Fsp3) is 0.300. The Morgan fingerprint density at radius 1 is 0.833 bits per heavy atom. The van der Waals surface area contributed by atoms with E-state index in [9.17, 15) is 0 Å². The van der Waals surface area contributed by atoms with Crippen LogP contribution in [0.15, 0.2) is 54.6 Å². The molecule has 0 unspecified atom stereocenters. The molecule has 3 aromatic rings. The van der Waals surface area contributed by atoms with E-state index in [0.29, 0.717) is 19.8 Å². The lowest BCUT2D eigenvalue weighted by molar-refractivity contribution is -0.0902. The van der Waals surface area contributed by atoms with Crippen molar-refractivity contribution in [2.24, 2.45) is 0 Å². The van der Waals surface area contributed by atoms with Crippen molar-refractivity contribution in [2.45, 2.75) is 26.4 Å². The van der Waals surface area contributed by atoms with Crippen molar-refractivity contribution < 1.29 is 13.9 Å². The normalized spacial score (nSPS) is 12.1. The van der Waals surface area contributed by atoms with Crippen molar-refractivity contribution in [1.29, 1.82) is 0 Å². The Kier molecular flexibility index (Phi) is 5.99. The quantitative estimate of drug-likeness (QED) is 0.353. The van der Waals surface area contributed by atoms with Crippen LogP contribution in [0.1, 0.15) is 19.4 Å². The first-order valence-corrected chi connectivity index (χ1v) is 9.93. The zero-order chi connectivity index (χ0) is 16.8. The molecule has 0 aliphatic rings. The smallest absolute Gasteiger partial charge is 0.224 e. The standard InChI is InChI=1S/C20H24O3Si/c1-3-21-20(22-4-2)24-23-14-19-17-11-7-5-9-15(17)13-16-10-6-8-12-18(16)19/h5-13,20H,3-4,14,24H2,1-2H3. The highest BCUT2D eigenvalue weighted by Crippen LogP contribution is 2.28. The summed E-state index contributed by atoms with van der Waals surface area (Å²) in [4.78, 5) is 0. The Morgan fingerprint density at radius 3 is 1.92 bits per heavy atom. The van der Waals surface area contributed by atoms with Crippen LogP contribution >= 0.6 is 0 Å². The maximum Gasteiger partial charge on any atom is 0.224 e. The van der Waals surface area contributed by atoms with E-state index < -0.39 is 9.76 Å². The Labute approximate surface area is 145 Å². The van der Waals surface area contributed by atoms with Crippen LogP contribution in [0.2, 0.25) is 0 Å². The molecule has 0 aliphatic heterocycles. The highest BCUT2D eigenvalue weighted by molar-refractivity contribution is 6.28. The third-order valence-corrected chi connectivity index (χ3v) is 5.27. The molecule has 0 spiro atoms. The number of hydrogen-bond donors (Lipinski definition) is 0. The molecule has 0 amide bonds. The van der Waals surface area contributed by atoms with Gasteiger partial charge < -0.3 is 13.9 Å². The summed E-state index contributed by atoms with van der Waals surface area (Å²) in [7, 11) is -0.918. The van der Waals surface area contributed by atoms with E-state index in [4.69, 9.17) is 13.9 Å². The highest BCUT2D eigenvalue weighted by Gasteiger charge is 2.12. The predicted molar refractivity (Wildman–Crippen MR) is 102 cm³/mol. The maximum absolute atomic E-state index is 6.09. The third-order valence-electron chi connectivity index (χ3n) is 4.09. The molecular weight excluding hydrogens is 316 g/mol. The fourth-order valence-electron chi connectivity index (χ4n) is 3.04. The van der Waals surface area contributed by atoms with Crippen molar-refractivity contribution >= 4 is 31.3 Å². The lowest BCUT2D eigenvalue weighted by Crippen LogP contribution is -2.26. The van der Waals surface area contributed by atoms with Gasteiger partial charge in [0.25, 0.3) is 0 Å². The van der Waals surface area contributed by atoms with Gasteiger partial charge in [-0.2, -0.15) is 0 Å². The topological polar surface area (TPSA) is 27.7 Å². The number of benzene rings is 3. The molecule has 0 heterocycles. The molecule has 0 N–H and O–H groups in total. The molecule has 3 rings (SSSR count). The number of rotatable bonds is 8. The monoisotopic (exact) mass is 340 g/mol. The molecule has 0 aromatic heterocycles. The van der Waals surface area contributed by atoms with Crippen LogP contribution in [-0.2, 0) is 20.5 Å². The molecule has 126 valence electrons. The van der Waals surface area contributed by atoms with Crippen LogP contribution in [0.4, 0.5) is 0 Å². The average molecular weight is 340 g/mol. The molecule has 3 aromatic carbocycles. The zero-order valence-corrected chi connectivity index (χ0v) is 15.7. The van der Waals surface area contributed by atoms with Crippen molar-refractivity contribution in [3.05, 3.63) is 60.2 Å². The molecule has 0 fully saturated rings. The zero-order valence-electron chi connectivity index (χ0n) is 14.3. The highest BCUT2D eigenvalue weighted by atomic mass is 28.2. The Balaban J connectivity index is 1.86. The average Bonchev–Trinajstić information content (AvgIpc) is 2.61. The molecule has 0 atom stereocenters. The molecule has 4 heteroatoms. The summed E-state index contributed by atoms with van der Waals surface area (Å²) in [5.41, 5.74) is 1.25. The van der Waals surface area contributed by atoms with Gasteiger partial charge in [0.2, 0.25) is 9.76 Å². The summed E-state index contributed by atoms with van der Waals surface area (Å²) in [5, 5.41) is 5.02. The van der Waals surface area contributed by atoms with E-state index >= 15 is 0 Å². The van der Waals surface area contributed by atoms with E-state index in [0.717, 1.165) is 0 Å². The fourth-order valence-corrected chi connectivity index (χ4v) is 4.22. The van der Waals surface area contributed by atoms with Gasteiger partial charge >= 0.3 is 0 Å². The summed E-state index contributed by atoms with van der Waals surface area (Å²) in [5.74, 6) is -0.166. The first-order chi connectivity index (χ1) is 11.8. The van der Waals surface area contributed by atoms with Crippen molar-refractivity contribution in [3.63, 3.8) is 0 Å². The van der Waals surface area contributed by atoms with Gasteiger partial charge in [0, 0.05) is 13.2 Å². The second-order valence-corrected chi connectivity index (χ2v) is 7.06. The van der Waals surface area contributed by atoms with E-state index in [2.05, 4.69) is 54.6 Å². The first kappa shape index (κ1) is 17.1. The molecule has 3 nitrogen and oxygen atoms in total. The number of ether oxygens (including phenoxy) is 2. The SMILES string of the molecule is CCOC(OCC)[SiH2]OCc1c2ccccc2cc2ccccc12. The minimum Gasteiger partial charge on any atom is -0.414 e. The van der Waals surface area contributed by atoms with E-state index in [-0.39, 0.29) is 5.91 Å². The van der Waals surface area contributed by atoms with Gasteiger partial charge in [-0.15, -0.1) is 0 Å². The summed E-state index contributed by atoms with van der Waals surface area (Å²) in [6.07, 6.45) is 0. The molecule has 24 heavy (non-hydrogen) atoms. The van der Waals surface area contributed by atoms with Gasteiger partial charge in [-0.25, -0.2) is 0 Å². The van der Waals surface area contributed by atoms with Crippen LogP contribution in [0.3, 0.4) is 0 Å². The summed E-state index contributed by atoms with van der Waals surface area (Å²) < 4.78 is 17.3. The van der Waals surface area contributed by atoms with Gasteiger partial charge in [0.1, 0.15) is 0 Å². The van der Waals surface area contributed by atoms with Crippen LogP contribution in [0.25, 0.3) is 21.5 Å². The molecule has 0 saturated heterocycles. The van der Waals surface area contributed by atoms with Crippen LogP contribution in [0, 0.1) is 0 Å². The molecule has 0 saturated carbocycles. The molecule has 0 aliphatic carbocycles. The van der Waals surface area contributed by atoms with Crippen molar-refractivity contribution in [3.8, 4) is 0 Å². The Hall–Kier alpha value is -1.72. The van der Waals surface area contributed by atoms with Crippen molar-refractivity contribution in [1.82, 2.24) is 0 Å². The first-order valence-electron chi connectivity index (χ1n) is 8.53. The Morgan fingerprint density at radius 2 is 1.38 bits per heavy atom. The largest absolute Gasteiger partial charge is 0.414 e. The van der Waals surface area contributed by atoms with E-state index in [1.54, 1.807) is 0 Å². The Bertz CT molecular complexity index is 743. The minimum atomic E-state index is -0.918. The van der Waals surface area contributed by atoms with E-state index in [1.165, 1.54) is 27.1 Å². The molecule has 0 bridgehead atoms. The predicted octanol–water partition coefficient (Wildman–Crippen LogP) is 3.95. The summed E-state index contributed by atoms with van der Waals surface area (Å²) >= 11 is 0. The van der Waals surface area contributed by atoms with Crippen LogP contribution < -0.4 is 0 Å².